The summed E-state index contributed by atoms with van der Waals surface area (Å²) in [5.41, 5.74) is 0. The van der Waals surface area contributed by atoms with E-state index in [4.69, 9.17) is 104 Å². The molecule has 11 saturated heterocycles. The van der Waals surface area contributed by atoms with Crippen LogP contribution in [-0.4, -0.2) is 592 Å². The molecule has 1 unspecified atom stereocenters. The first-order valence-corrected chi connectivity index (χ1v) is 40.1. The number of hydrogen-bond acceptors (Lipinski definition) is 56. The molecule has 1 amide bonds. The van der Waals surface area contributed by atoms with Crippen LogP contribution in [0.1, 0.15) is 6.92 Å². The van der Waals surface area contributed by atoms with Crippen molar-refractivity contribution < 1.29 is 278 Å². The molecule has 0 aromatic heterocycles. The normalized spacial score (nSPS) is 52.4. The molecule has 0 aromatic carbocycles. The number of amides is 1. The van der Waals surface area contributed by atoms with E-state index < -0.39 is 416 Å². The molecule has 34 N–H and O–H groups in total. The van der Waals surface area contributed by atoms with Gasteiger partial charge in [0.1, 0.15) is 269 Å². The van der Waals surface area contributed by atoms with Gasteiger partial charge in [-0.15, -0.1) is 0 Å². The Labute approximate surface area is 711 Å². The number of carbonyl (C=O) groups excluding carboxylic acids is 1. The topological polar surface area (TPSA) is 900 Å². The van der Waals surface area contributed by atoms with Crippen molar-refractivity contribution in [2.45, 2.75) is 345 Å². The van der Waals surface area contributed by atoms with Gasteiger partial charge in [-0.1, -0.05) is 0 Å². The molecular weight excluding hydrogens is 1740 g/mol. The van der Waals surface area contributed by atoms with Crippen molar-refractivity contribution in [3.63, 3.8) is 0 Å². The van der Waals surface area contributed by atoms with Crippen molar-refractivity contribution in [3.8, 4) is 0 Å². The van der Waals surface area contributed by atoms with Gasteiger partial charge < -0.3 is 278 Å². The molecule has 57 heteroatoms. The first-order valence-electron chi connectivity index (χ1n) is 40.1. The molecule has 11 heterocycles. The average Bonchev–Trinajstić information content (AvgIpc) is 0.765. The third-order valence-electron chi connectivity index (χ3n) is 23.6. The quantitative estimate of drug-likeness (QED) is 0.0290. The summed E-state index contributed by atoms with van der Waals surface area (Å²) >= 11 is 0. The Morgan fingerprint density at radius 3 is 0.825 bits per heavy atom. The number of aliphatic hydroxyl groups is 33. The molecule has 0 radical (unpaired) electrons. The third kappa shape index (κ3) is 21.9. The molecule has 11 aliphatic rings. The molecule has 11 aliphatic heterocycles. The standard InChI is InChI=1S/C69H117NO56/c1-14(80)70-26-36(90)50(22(10-78)116-60(26)120-51-23(11-79)108-59(104)47(101)54(51)105-2)119-65-49(103)53(122-68-58(43(97)33(87)20(8-76)114-68)126-69-57(42(96)32(86)21(9-77)115-69)125-64-46(100)39(93)29(83)17(5-73)111-64)35(89)25(118-65)12-106-61-48(102)52(121-67-56(41(95)31(85)19(7-75)113-67)124-63-45(99)38(92)28(82)16(4-72)110-63)34(88)24(117-61)13-107-66-55(40(94)30(84)18(6-74)112-66)123-62-44(98)37(91)27(81)15(3-71)109-62/h15-69,71-79,81-104H,3-13H2,1-2H3,(H,70,80)/t15-,16-,17-,18-,19-,20-,21-,22-,23-,24-,25-,26-,27-,28-,29-,30-,31-,32-,33-,34-,35-,36-,37+,38+,39+,40+,41+,42+,43+,44+,45+,46+,47-,48+,49+,50-,51-,52+,53+,54-,55+,56+,57+,58+,59?,60+,61+,62-,63-,64-,65+,66+,67-,68-,69-/m1/s1. The summed E-state index contributed by atoms with van der Waals surface area (Å²) in [5, 5.41) is 369. The SMILES string of the molecule is CO[C@H]1[C@H](O[C@@H]2O[C@H](CO)[C@@H](O[C@@H]3O[C@H](CO[C@H]4O[C@H](CO[C@H]5O[C@H](CO)[C@@H](O)[C@H](O)[C@@H]5O[C@H]5O[C@H](CO)[C@@H](O)[C@H](O)[C@@H]5O)[C@@H](O)[C@H](O[C@H]5O[C@H](CO)[C@@H](O)[C@H](O)[C@@H]5O[C@H]5O[C@H](CO)[C@@H](O)[C@H](O)[C@@H]5O)[C@@H]4O)[C@@H](O)[C@H](O[C@H]4O[C@H](CO)[C@@H](O)[C@H](O)[C@@H]4O[C@H]4O[C@H](CO)[C@@H](O)[C@H](O)[C@@H]4O[C@H]4O[C@H](CO)[C@@H](O)[C@H](O)[C@@H]4O)[C@@H]3O)[C@H](O)[C@H]2NC(C)=O)[C@@H](CO)OC(O)[C@@H]1O. The average molecular weight is 1860 g/mol. The van der Waals surface area contributed by atoms with E-state index in [-0.39, 0.29) is 0 Å². The summed E-state index contributed by atoms with van der Waals surface area (Å²) in [6.45, 7) is -11.7. The summed E-state index contributed by atoms with van der Waals surface area (Å²) in [4.78, 5) is 13.1. The van der Waals surface area contributed by atoms with Crippen LogP contribution in [0.25, 0.3) is 0 Å². The van der Waals surface area contributed by atoms with Gasteiger partial charge in [0, 0.05) is 14.0 Å². The number of hydrogen-bond donors (Lipinski definition) is 34. The van der Waals surface area contributed by atoms with Crippen molar-refractivity contribution in [2.24, 2.45) is 0 Å². The second kappa shape index (κ2) is 45.3. The van der Waals surface area contributed by atoms with Gasteiger partial charge in [0.05, 0.1) is 72.7 Å². The summed E-state index contributed by atoms with van der Waals surface area (Å²) in [6.07, 6.45) is -118. The smallest absolute Gasteiger partial charge is 0.217 e. The highest BCUT2D eigenvalue weighted by molar-refractivity contribution is 5.73. The number of ether oxygens (including phenoxy) is 22. The Bertz CT molecular complexity index is 3270. The van der Waals surface area contributed by atoms with Crippen LogP contribution < -0.4 is 5.32 Å². The van der Waals surface area contributed by atoms with E-state index in [2.05, 4.69) is 5.32 Å². The Morgan fingerprint density at radius 1 is 0.222 bits per heavy atom. The van der Waals surface area contributed by atoms with E-state index in [0.717, 1.165) is 14.0 Å². The van der Waals surface area contributed by atoms with Gasteiger partial charge in [0.25, 0.3) is 0 Å². The maximum absolute atomic E-state index is 13.1. The molecule has 0 bridgehead atoms. The van der Waals surface area contributed by atoms with Crippen molar-refractivity contribution in [1.29, 1.82) is 0 Å². The van der Waals surface area contributed by atoms with Gasteiger partial charge in [-0.05, 0) is 0 Å². The highest BCUT2D eigenvalue weighted by Gasteiger charge is 2.62. The van der Waals surface area contributed by atoms with Gasteiger partial charge in [-0.2, -0.15) is 0 Å². The molecule has 0 aromatic rings. The van der Waals surface area contributed by atoms with Gasteiger partial charge in [0.15, 0.2) is 69.2 Å². The molecule has 0 saturated carbocycles. The lowest BCUT2D eigenvalue weighted by atomic mass is 9.94. The van der Waals surface area contributed by atoms with Crippen LogP contribution >= 0.6 is 0 Å². The van der Waals surface area contributed by atoms with E-state index in [1.54, 1.807) is 0 Å². The van der Waals surface area contributed by atoms with Gasteiger partial charge in [-0.3, -0.25) is 4.79 Å². The predicted octanol–water partition coefficient (Wildman–Crippen LogP) is -24.2. The molecule has 126 heavy (non-hydrogen) atoms. The Morgan fingerprint density at radius 2 is 0.476 bits per heavy atom. The Balaban J connectivity index is 0.959. The van der Waals surface area contributed by atoms with E-state index >= 15 is 0 Å². The summed E-state index contributed by atoms with van der Waals surface area (Å²) in [6, 6.07) is -1.94. The first kappa shape index (κ1) is 104. The summed E-state index contributed by atoms with van der Waals surface area (Å²) in [7, 11) is 1.05. The van der Waals surface area contributed by atoms with Crippen LogP contribution in [0.3, 0.4) is 0 Å². The minimum absolute atomic E-state index is 0.934. The van der Waals surface area contributed by atoms with E-state index in [0.29, 0.717) is 0 Å². The lowest BCUT2D eigenvalue weighted by molar-refractivity contribution is -0.408. The third-order valence-corrected chi connectivity index (χ3v) is 23.6. The minimum atomic E-state index is -2.67. The molecular formula is C69H117NO56. The summed E-state index contributed by atoms with van der Waals surface area (Å²) in [5.74, 6) is -0.959. The van der Waals surface area contributed by atoms with Gasteiger partial charge in [-0.25, -0.2) is 0 Å². The molecule has 0 spiro atoms. The predicted molar refractivity (Wildman–Crippen MR) is 379 cm³/mol. The second-order valence-corrected chi connectivity index (χ2v) is 31.8. The fourth-order valence-electron chi connectivity index (χ4n) is 16.3. The minimum Gasteiger partial charge on any atom is -0.394 e. The first-order chi connectivity index (χ1) is 59.8. The molecule has 11 fully saturated rings. The van der Waals surface area contributed by atoms with Gasteiger partial charge in [0.2, 0.25) is 5.91 Å². The Hall–Kier alpha value is -2.73. The lowest BCUT2D eigenvalue weighted by Crippen LogP contribution is -2.70. The van der Waals surface area contributed by atoms with Crippen LogP contribution in [-0.2, 0) is 109 Å². The van der Waals surface area contributed by atoms with Crippen LogP contribution in [0.15, 0.2) is 0 Å². The monoisotopic (exact) mass is 1860 g/mol. The zero-order valence-electron chi connectivity index (χ0n) is 66.7. The highest BCUT2D eigenvalue weighted by atomic mass is 16.8. The molecule has 0 aliphatic carbocycles. The fraction of sp³-hybridized carbons (Fsp3) is 0.986. The van der Waals surface area contributed by atoms with Crippen LogP contribution in [0.4, 0.5) is 0 Å². The summed E-state index contributed by atoms with van der Waals surface area (Å²) < 4.78 is 129. The van der Waals surface area contributed by atoms with E-state index in [1.807, 2.05) is 0 Å². The molecule has 11 rings (SSSR count). The molecule has 734 valence electrons. The van der Waals surface area contributed by atoms with Crippen molar-refractivity contribution in [2.75, 3.05) is 79.8 Å². The second-order valence-electron chi connectivity index (χ2n) is 31.8. The van der Waals surface area contributed by atoms with Crippen molar-refractivity contribution in [3.05, 3.63) is 0 Å². The van der Waals surface area contributed by atoms with Crippen molar-refractivity contribution >= 4 is 5.91 Å². The number of carbonyl (C=O) groups is 1. The number of aliphatic hydroxyl groups excluding tert-OH is 33. The zero-order chi connectivity index (χ0) is 92.4. The highest BCUT2D eigenvalue weighted by Crippen LogP contribution is 2.42. The fourth-order valence-corrected chi connectivity index (χ4v) is 16.3. The van der Waals surface area contributed by atoms with E-state index in [1.165, 1.54) is 0 Å². The lowest BCUT2D eigenvalue weighted by Gasteiger charge is -2.51. The maximum Gasteiger partial charge on any atom is 0.217 e. The van der Waals surface area contributed by atoms with Crippen LogP contribution in [0.2, 0.25) is 0 Å². The molecule has 57 nitrogen and oxygen atoms in total. The number of nitrogens with one attached hydrogen (secondary N) is 1. The number of rotatable bonds is 33. The zero-order valence-corrected chi connectivity index (χ0v) is 66.7. The van der Waals surface area contributed by atoms with Crippen LogP contribution in [0.5, 0.6) is 0 Å². The number of methoxy groups -OCH3 is 1. The maximum atomic E-state index is 13.1. The largest absolute Gasteiger partial charge is 0.394 e. The molecule has 55 atom stereocenters. The Kier molecular flexibility index (Phi) is 37.3. The van der Waals surface area contributed by atoms with E-state index in [9.17, 15) is 173 Å². The van der Waals surface area contributed by atoms with Crippen LogP contribution in [0, 0.1) is 0 Å². The van der Waals surface area contributed by atoms with Gasteiger partial charge >= 0.3 is 0 Å². The van der Waals surface area contributed by atoms with Crippen molar-refractivity contribution in [1.82, 2.24) is 5.32 Å².